The lowest BCUT2D eigenvalue weighted by Gasteiger charge is -2.13. The van der Waals surface area contributed by atoms with Crippen molar-refractivity contribution in [2.24, 2.45) is 0 Å². The Morgan fingerprint density at radius 3 is 2.27 bits per heavy atom. The van der Waals surface area contributed by atoms with Gasteiger partial charge in [-0.05, 0) is 43.4 Å². The van der Waals surface area contributed by atoms with Gasteiger partial charge in [-0.1, -0.05) is 51.2 Å². The minimum absolute atomic E-state index is 0.167. The zero-order valence-electron chi connectivity index (χ0n) is 14.0. The van der Waals surface area contributed by atoms with E-state index in [1.165, 1.54) is 44.1 Å². The topological polar surface area (TPSA) is 49.7 Å². The number of aryl methyl sites for hydroxylation is 1. The summed E-state index contributed by atoms with van der Waals surface area (Å²) in [5.41, 5.74) is 1.33. The summed E-state index contributed by atoms with van der Waals surface area (Å²) in [7, 11) is 0. The van der Waals surface area contributed by atoms with Gasteiger partial charge in [0, 0.05) is 13.0 Å². The molecule has 3 nitrogen and oxygen atoms in total. The predicted octanol–water partition coefficient (Wildman–Crippen LogP) is 4.45. The molecule has 22 heavy (non-hydrogen) atoms. The van der Waals surface area contributed by atoms with Crippen LogP contribution in [-0.4, -0.2) is 23.1 Å². The molecule has 0 aromatic heterocycles. The summed E-state index contributed by atoms with van der Waals surface area (Å²) in [5.74, 6) is 0.711. The van der Waals surface area contributed by atoms with Crippen LogP contribution in [0.15, 0.2) is 24.3 Å². The van der Waals surface area contributed by atoms with Gasteiger partial charge < -0.3 is 14.9 Å². The van der Waals surface area contributed by atoms with Crippen molar-refractivity contribution in [2.45, 2.75) is 77.4 Å². The fraction of sp³-hybridized carbons (Fsp3) is 0.684. The van der Waals surface area contributed by atoms with Crippen molar-refractivity contribution < 1.29 is 14.9 Å². The van der Waals surface area contributed by atoms with Crippen LogP contribution in [-0.2, 0) is 6.42 Å². The Balaban J connectivity index is 2.19. The standard InChI is InChI=1S/C19H32O3/c1-2-3-4-5-6-7-10-17-12-14-18(15-13-17)22-19(21)11-8-9-16-20/h12-15,19-21H,2-11,16H2,1H3. The molecule has 1 atom stereocenters. The summed E-state index contributed by atoms with van der Waals surface area (Å²) in [5, 5.41) is 18.4. The molecule has 0 radical (unpaired) electrons. The number of hydrogen-bond donors (Lipinski definition) is 2. The average molecular weight is 308 g/mol. The van der Waals surface area contributed by atoms with Crippen molar-refractivity contribution in [3.05, 3.63) is 29.8 Å². The Bertz CT molecular complexity index is 361. The molecule has 0 aliphatic heterocycles. The Morgan fingerprint density at radius 1 is 0.909 bits per heavy atom. The summed E-state index contributed by atoms with van der Waals surface area (Å²) in [6, 6.07) is 8.03. The molecule has 0 saturated carbocycles. The maximum absolute atomic E-state index is 9.74. The molecule has 0 aliphatic rings. The van der Waals surface area contributed by atoms with Gasteiger partial charge in [-0.2, -0.15) is 0 Å². The summed E-state index contributed by atoms with van der Waals surface area (Å²) in [6.07, 6.45) is 10.3. The number of benzene rings is 1. The lowest BCUT2D eigenvalue weighted by Crippen LogP contribution is -2.15. The maximum Gasteiger partial charge on any atom is 0.197 e. The molecule has 3 heteroatoms. The Morgan fingerprint density at radius 2 is 1.59 bits per heavy atom. The second-order valence-electron chi connectivity index (χ2n) is 5.95. The van der Waals surface area contributed by atoms with Gasteiger partial charge in [-0.15, -0.1) is 0 Å². The monoisotopic (exact) mass is 308 g/mol. The fourth-order valence-corrected chi connectivity index (χ4v) is 2.49. The number of rotatable bonds is 13. The molecule has 126 valence electrons. The predicted molar refractivity (Wildman–Crippen MR) is 91.1 cm³/mol. The highest BCUT2D eigenvalue weighted by molar-refractivity contribution is 5.27. The molecular formula is C19H32O3. The third-order valence-corrected chi connectivity index (χ3v) is 3.87. The highest BCUT2D eigenvalue weighted by atomic mass is 16.6. The first kappa shape index (κ1) is 19.0. The van der Waals surface area contributed by atoms with Crippen LogP contribution in [0.25, 0.3) is 0 Å². The van der Waals surface area contributed by atoms with E-state index in [9.17, 15) is 5.11 Å². The van der Waals surface area contributed by atoms with Crippen LogP contribution in [0.4, 0.5) is 0 Å². The number of aliphatic hydroxyl groups is 2. The lowest BCUT2D eigenvalue weighted by molar-refractivity contribution is -0.0250. The maximum atomic E-state index is 9.74. The van der Waals surface area contributed by atoms with E-state index in [0.29, 0.717) is 18.6 Å². The molecule has 1 aromatic rings. The van der Waals surface area contributed by atoms with Crippen molar-refractivity contribution in [2.75, 3.05) is 6.61 Å². The summed E-state index contributed by atoms with van der Waals surface area (Å²) in [6.45, 7) is 2.41. The summed E-state index contributed by atoms with van der Waals surface area (Å²) < 4.78 is 5.46. The Kier molecular flexibility index (Phi) is 10.8. The molecule has 0 amide bonds. The van der Waals surface area contributed by atoms with Gasteiger partial charge in [-0.25, -0.2) is 0 Å². The van der Waals surface area contributed by atoms with Crippen molar-refractivity contribution in [1.82, 2.24) is 0 Å². The first-order valence-electron chi connectivity index (χ1n) is 8.80. The minimum atomic E-state index is -0.782. The first-order valence-corrected chi connectivity index (χ1v) is 8.80. The van der Waals surface area contributed by atoms with Crippen LogP contribution in [0.3, 0.4) is 0 Å². The number of hydrogen-bond acceptors (Lipinski definition) is 3. The van der Waals surface area contributed by atoms with Crippen LogP contribution >= 0.6 is 0 Å². The van der Waals surface area contributed by atoms with E-state index < -0.39 is 6.29 Å². The van der Waals surface area contributed by atoms with Crippen LogP contribution in [0, 0.1) is 0 Å². The van der Waals surface area contributed by atoms with Crippen LogP contribution in [0.1, 0.15) is 70.3 Å². The molecule has 0 fully saturated rings. The number of ether oxygens (including phenoxy) is 1. The molecule has 0 bridgehead atoms. The van der Waals surface area contributed by atoms with Gasteiger partial charge >= 0.3 is 0 Å². The lowest BCUT2D eigenvalue weighted by atomic mass is 10.0. The van der Waals surface area contributed by atoms with E-state index in [1.807, 2.05) is 12.1 Å². The molecule has 0 saturated heterocycles. The van der Waals surface area contributed by atoms with E-state index in [2.05, 4.69) is 19.1 Å². The van der Waals surface area contributed by atoms with Crippen molar-refractivity contribution >= 4 is 0 Å². The zero-order valence-corrected chi connectivity index (χ0v) is 14.0. The van der Waals surface area contributed by atoms with Crippen LogP contribution < -0.4 is 4.74 Å². The van der Waals surface area contributed by atoms with Gasteiger partial charge in [-0.3, -0.25) is 0 Å². The molecule has 2 N–H and O–H groups in total. The van der Waals surface area contributed by atoms with E-state index in [4.69, 9.17) is 9.84 Å². The Hall–Kier alpha value is -1.06. The smallest absolute Gasteiger partial charge is 0.197 e. The van der Waals surface area contributed by atoms with Crippen LogP contribution in [0.5, 0.6) is 5.75 Å². The molecule has 0 spiro atoms. The van der Waals surface area contributed by atoms with Crippen molar-refractivity contribution in [3.63, 3.8) is 0 Å². The van der Waals surface area contributed by atoms with Gasteiger partial charge in [0.2, 0.25) is 0 Å². The molecular weight excluding hydrogens is 276 g/mol. The SMILES string of the molecule is CCCCCCCCc1ccc(OC(O)CCCCO)cc1. The first-order chi connectivity index (χ1) is 10.8. The quantitative estimate of drug-likeness (QED) is 0.418. The molecule has 0 aliphatic carbocycles. The van der Waals surface area contributed by atoms with E-state index in [-0.39, 0.29) is 6.61 Å². The summed E-state index contributed by atoms with van der Waals surface area (Å²) in [4.78, 5) is 0. The third kappa shape index (κ3) is 9.06. The van der Waals surface area contributed by atoms with E-state index in [0.717, 1.165) is 12.8 Å². The van der Waals surface area contributed by atoms with Crippen molar-refractivity contribution in [1.29, 1.82) is 0 Å². The normalized spacial score (nSPS) is 12.3. The number of unbranched alkanes of at least 4 members (excludes halogenated alkanes) is 6. The molecule has 0 heterocycles. The second-order valence-corrected chi connectivity index (χ2v) is 5.95. The number of aliphatic hydroxyl groups excluding tert-OH is 2. The molecule has 1 unspecified atom stereocenters. The van der Waals surface area contributed by atoms with Gasteiger partial charge in [0.25, 0.3) is 0 Å². The van der Waals surface area contributed by atoms with Crippen molar-refractivity contribution in [3.8, 4) is 5.75 Å². The van der Waals surface area contributed by atoms with E-state index >= 15 is 0 Å². The highest BCUT2D eigenvalue weighted by Gasteiger charge is 2.05. The van der Waals surface area contributed by atoms with Crippen LogP contribution in [0.2, 0.25) is 0 Å². The Labute approximate surface area is 135 Å². The van der Waals surface area contributed by atoms with Gasteiger partial charge in [0.05, 0.1) is 0 Å². The fourth-order valence-electron chi connectivity index (χ4n) is 2.49. The molecule has 1 aromatic carbocycles. The van der Waals surface area contributed by atoms with E-state index in [1.54, 1.807) is 0 Å². The average Bonchev–Trinajstić information content (AvgIpc) is 2.52. The summed E-state index contributed by atoms with van der Waals surface area (Å²) >= 11 is 0. The third-order valence-electron chi connectivity index (χ3n) is 3.87. The second kappa shape index (κ2) is 12.5. The molecule has 1 rings (SSSR count). The highest BCUT2D eigenvalue weighted by Crippen LogP contribution is 2.17. The minimum Gasteiger partial charge on any atom is -0.465 e. The van der Waals surface area contributed by atoms with Gasteiger partial charge in [0.1, 0.15) is 5.75 Å². The largest absolute Gasteiger partial charge is 0.465 e. The zero-order chi connectivity index (χ0) is 16.0. The van der Waals surface area contributed by atoms with Gasteiger partial charge in [0.15, 0.2) is 6.29 Å².